The van der Waals surface area contributed by atoms with E-state index in [0.29, 0.717) is 11.6 Å². The van der Waals surface area contributed by atoms with Gasteiger partial charge in [-0.25, -0.2) is 4.98 Å². The summed E-state index contributed by atoms with van der Waals surface area (Å²) >= 11 is 7.63. The van der Waals surface area contributed by atoms with E-state index in [1.54, 1.807) is 5.38 Å². The molecule has 2 atom stereocenters. The molecule has 94 valence electrons. The van der Waals surface area contributed by atoms with Crippen molar-refractivity contribution in [3.63, 3.8) is 0 Å². The highest BCUT2D eigenvalue weighted by Gasteiger charge is 2.21. The molecule has 1 aliphatic carbocycles. The Kier molecular flexibility index (Phi) is 4.40. The van der Waals surface area contributed by atoms with Gasteiger partial charge in [-0.05, 0) is 32.1 Å². The fraction of sp³-hybridized carbons (Fsp3) is 0.667. The van der Waals surface area contributed by atoms with Crippen LogP contribution in [0.5, 0.6) is 0 Å². The molecule has 1 saturated carbocycles. The average molecular weight is 273 g/mol. The number of nitrogens with zero attached hydrogens (tertiary/aromatic N) is 1. The van der Waals surface area contributed by atoms with E-state index in [-0.39, 0.29) is 11.3 Å². The molecule has 0 aliphatic heterocycles. The van der Waals surface area contributed by atoms with Crippen LogP contribution in [0.25, 0.3) is 0 Å². The fourth-order valence-corrected chi connectivity index (χ4v) is 3.21. The highest BCUT2D eigenvalue weighted by Crippen LogP contribution is 2.27. The van der Waals surface area contributed by atoms with Crippen molar-refractivity contribution in [1.29, 1.82) is 0 Å². The van der Waals surface area contributed by atoms with Crippen molar-refractivity contribution in [3.05, 3.63) is 16.1 Å². The smallest absolute Gasteiger partial charge is 0.270 e. The van der Waals surface area contributed by atoms with Crippen LogP contribution in [0.15, 0.2) is 5.38 Å². The molecule has 0 bridgehead atoms. The van der Waals surface area contributed by atoms with Gasteiger partial charge in [-0.1, -0.05) is 6.42 Å². The van der Waals surface area contributed by atoms with Crippen LogP contribution in [0.4, 0.5) is 0 Å². The molecule has 5 heteroatoms. The first-order valence-corrected chi connectivity index (χ1v) is 7.31. The summed E-state index contributed by atoms with van der Waals surface area (Å²) < 4.78 is 0. The molecule has 1 N–H and O–H groups in total. The van der Waals surface area contributed by atoms with Gasteiger partial charge < -0.3 is 5.32 Å². The van der Waals surface area contributed by atoms with Gasteiger partial charge in [0, 0.05) is 17.3 Å². The van der Waals surface area contributed by atoms with Gasteiger partial charge in [0.25, 0.3) is 5.91 Å². The molecule has 0 aromatic carbocycles. The van der Waals surface area contributed by atoms with Crippen molar-refractivity contribution >= 4 is 28.8 Å². The molecule has 1 aromatic rings. The molecular formula is C12H17ClN2OS. The van der Waals surface area contributed by atoms with E-state index in [9.17, 15) is 4.79 Å². The van der Waals surface area contributed by atoms with E-state index in [2.05, 4.69) is 10.3 Å². The van der Waals surface area contributed by atoms with Crippen LogP contribution < -0.4 is 5.32 Å². The molecule has 1 aromatic heterocycles. The number of thiazole rings is 1. The maximum absolute atomic E-state index is 11.8. The van der Waals surface area contributed by atoms with E-state index < -0.39 is 0 Å². The number of carbonyl (C=O) groups is 1. The standard InChI is InChI=1S/C12H17ClN2OS/c1-8-15-11(7-17-8)12(16)14-6-9-3-2-4-10(13)5-9/h7,9-10H,2-6H2,1H3,(H,14,16). The number of amides is 1. The summed E-state index contributed by atoms with van der Waals surface area (Å²) in [5, 5.41) is 5.96. The second-order valence-corrected chi connectivity index (χ2v) is 6.27. The average Bonchev–Trinajstić information content (AvgIpc) is 2.73. The number of alkyl halides is 1. The predicted octanol–water partition coefficient (Wildman–Crippen LogP) is 2.98. The van der Waals surface area contributed by atoms with E-state index >= 15 is 0 Å². The van der Waals surface area contributed by atoms with E-state index in [1.165, 1.54) is 24.2 Å². The topological polar surface area (TPSA) is 42.0 Å². The summed E-state index contributed by atoms with van der Waals surface area (Å²) in [6.45, 7) is 2.62. The number of nitrogens with one attached hydrogen (secondary N) is 1. The number of hydrogen-bond donors (Lipinski definition) is 1. The van der Waals surface area contributed by atoms with Crippen LogP contribution in [0.1, 0.15) is 41.2 Å². The Balaban J connectivity index is 1.80. The second-order valence-electron chi connectivity index (χ2n) is 4.59. The molecular weight excluding hydrogens is 256 g/mol. The van der Waals surface area contributed by atoms with E-state index in [4.69, 9.17) is 11.6 Å². The van der Waals surface area contributed by atoms with E-state index in [0.717, 1.165) is 24.4 Å². The molecule has 2 unspecified atom stereocenters. The molecule has 17 heavy (non-hydrogen) atoms. The third-order valence-corrected chi connectivity index (χ3v) is 4.29. The zero-order chi connectivity index (χ0) is 12.3. The molecule has 1 amide bonds. The monoisotopic (exact) mass is 272 g/mol. The zero-order valence-electron chi connectivity index (χ0n) is 9.91. The lowest BCUT2D eigenvalue weighted by Crippen LogP contribution is -2.32. The molecule has 1 heterocycles. The van der Waals surface area contributed by atoms with Gasteiger partial charge in [0.2, 0.25) is 0 Å². The van der Waals surface area contributed by atoms with Crippen LogP contribution >= 0.6 is 22.9 Å². The van der Waals surface area contributed by atoms with Crippen LogP contribution in [0, 0.1) is 12.8 Å². The highest BCUT2D eigenvalue weighted by molar-refractivity contribution is 7.09. The lowest BCUT2D eigenvalue weighted by Gasteiger charge is -2.25. The highest BCUT2D eigenvalue weighted by atomic mass is 35.5. The summed E-state index contributed by atoms with van der Waals surface area (Å²) in [4.78, 5) is 16.0. The minimum absolute atomic E-state index is 0.0638. The largest absolute Gasteiger partial charge is 0.350 e. The number of aryl methyl sites for hydroxylation is 1. The Hall–Kier alpha value is -0.610. The van der Waals surface area contributed by atoms with Crippen LogP contribution in [-0.2, 0) is 0 Å². The molecule has 0 radical (unpaired) electrons. The molecule has 0 spiro atoms. The maximum atomic E-state index is 11.8. The molecule has 1 fully saturated rings. The number of halogens is 1. The first-order valence-electron chi connectivity index (χ1n) is 5.99. The number of aromatic nitrogens is 1. The van der Waals surface area contributed by atoms with Gasteiger partial charge in [0.05, 0.1) is 5.01 Å². The third kappa shape index (κ3) is 3.68. The fourth-order valence-electron chi connectivity index (χ4n) is 2.21. The Morgan fingerprint density at radius 3 is 3.12 bits per heavy atom. The lowest BCUT2D eigenvalue weighted by molar-refractivity contribution is 0.0939. The maximum Gasteiger partial charge on any atom is 0.270 e. The van der Waals surface area contributed by atoms with Crippen molar-refractivity contribution in [2.24, 2.45) is 5.92 Å². The Bertz CT molecular complexity index is 394. The summed E-state index contributed by atoms with van der Waals surface area (Å²) in [5.74, 6) is 0.459. The second kappa shape index (κ2) is 5.83. The molecule has 0 saturated heterocycles. The lowest BCUT2D eigenvalue weighted by atomic mass is 9.89. The van der Waals surface area contributed by atoms with Gasteiger partial charge in [-0.15, -0.1) is 22.9 Å². The summed E-state index contributed by atoms with van der Waals surface area (Å²) in [7, 11) is 0. The minimum Gasteiger partial charge on any atom is -0.350 e. The Morgan fingerprint density at radius 1 is 1.65 bits per heavy atom. The molecule has 1 aliphatic rings. The Morgan fingerprint density at radius 2 is 2.47 bits per heavy atom. The third-order valence-electron chi connectivity index (χ3n) is 3.12. The first kappa shape index (κ1) is 12.8. The van der Waals surface area contributed by atoms with Crippen molar-refractivity contribution in [2.45, 2.75) is 38.0 Å². The molecule has 3 nitrogen and oxygen atoms in total. The summed E-state index contributed by atoms with van der Waals surface area (Å²) in [6.07, 6.45) is 4.46. The van der Waals surface area contributed by atoms with E-state index in [1.807, 2.05) is 6.92 Å². The van der Waals surface area contributed by atoms with Crippen molar-refractivity contribution < 1.29 is 4.79 Å². The van der Waals surface area contributed by atoms with Crippen LogP contribution in [0.3, 0.4) is 0 Å². The summed E-state index contributed by atoms with van der Waals surface area (Å²) in [6, 6.07) is 0. The van der Waals surface area contributed by atoms with Crippen molar-refractivity contribution in [2.75, 3.05) is 6.54 Å². The number of rotatable bonds is 3. The normalized spacial score (nSPS) is 24.6. The zero-order valence-corrected chi connectivity index (χ0v) is 11.5. The van der Waals surface area contributed by atoms with Gasteiger partial charge in [-0.2, -0.15) is 0 Å². The SMILES string of the molecule is Cc1nc(C(=O)NCC2CCCC(Cl)C2)cs1. The van der Waals surface area contributed by atoms with Gasteiger partial charge in [0.15, 0.2) is 0 Å². The molecule has 2 rings (SSSR count). The van der Waals surface area contributed by atoms with Gasteiger partial charge >= 0.3 is 0 Å². The van der Waals surface area contributed by atoms with Gasteiger partial charge in [0.1, 0.15) is 5.69 Å². The quantitative estimate of drug-likeness (QED) is 0.860. The number of hydrogen-bond acceptors (Lipinski definition) is 3. The van der Waals surface area contributed by atoms with Gasteiger partial charge in [-0.3, -0.25) is 4.79 Å². The summed E-state index contributed by atoms with van der Waals surface area (Å²) in [5.41, 5.74) is 0.533. The van der Waals surface area contributed by atoms with Crippen molar-refractivity contribution in [1.82, 2.24) is 10.3 Å². The predicted molar refractivity (Wildman–Crippen MR) is 70.8 cm³/mol. The van der Waals surface area contributed by atoms with Crippen LogP contribution in [-0.4, -0.2) is 22.8 Å². The van der Waals surface area contributed by atoms with Crippen molar-refractivity contribution in [3.8, 4) is 0 Å². The minimum atomic E-state index is -0.0638. The van der Waals surface area contributed by atoms with Crippen LogP contribution in [0.2, 0.25) is 0 Å². The number of carbonyl (C=O) groups excluding carboxylic acids is 1. The Labute approximate surface area is 111 Å². The first-order chi connectivity index (χ1) is 8.15.